The third kappa shape index (κ3) is 2.19. The second kappa shape index (κ2) is 6.36. The molecule has 0 aromatic heterocycles. The quantitative estimate of drug-likeness (QED) is 0.586. The fraction of sp³-hybridized carbons (Fsp3) is 0.360. The van der Waals surface area contributed by atoms with Crippen molar-refractivity contribution in [2.24, 2.45) is 11.8 Å². The number of hydrogen-bond acceptors (Lipinski definition) is 5. The van der Waals surface area contributed by atoms with Crippen LogP contribution in [-0.2, 0) is 19.9 Å². The van der Waals surface area contributed by atoms with Gasteiger partial charge in [0.15, 0.2) is 5.78 Å². The number of hydrogen-bond donors (Lipinski definition) is 1. The Bertz CT molecular complexity index is 1220. The van der Waals surface area contributed by atoms with Crippen molar-refractivity contribution in [3.05, 3.63) is 59.2 Å². The van der Waals surface area contributed by atoms with E-state index in [1.165, 1.54) is 11.8 Å². The van der Waals surface area contributed by atoms with Gasteiger partial charge in [0.05, 0.1) is 17.5 Å². The molecule has 6 rings (SSSR count). The molecule has 4 aliphatic heterocycles. The first-order valence-electron chi connectivity index (χ1n) is 11.0. The van der Waals surface area contributed by atoms with E-state index in [0.29, 0.717) is 17.8 Å². The van der Waals surface area contributed by atoms with E-state index in [2.05, 4.69) is 10.2 Å². The summed E-state index contributed by atoms with van der Waals surface area (Å²) in [5, 5.41) is 2.99. The molecule has 4 atom stereocenters. The predicted octanol–water partition coefficient (Wildman–Crippen LogP) is 2.63. The second-order valence-electron chi connectivity index (χ2n) is 9.29. The number of ketones is 1. The molecule has 0 bridgehead atoms. The van der Waals surface area contributed by atoms with Gasteiger partial charge in [-0.3, -0.25) is 24.1 Å². The Kier molecular flexibility index (Phi) is 3.85. The Balaban J connectivity index is 1.51. The van der Waals surface area contributed by atoms with Gasteiger partial charge in [0, 0.05) is 22.9 Å². The molecule has 32 heavy (non-hydrogen) atoms. The van der Waals surface area contributed by atoms with Crippen molar-refractivity contribution >= 4 is 34.9 Å². The predicted molar refractivity (Wildman–Crippen MR) is 117 cm³/mol. The molecule has 4 heterocycles. The number of amides is 3. The van der Waals surface area contributed by atoms with E-state index in [1.807, 2.05) is 25.1 Å². The van der Waals surface area contributed by atoms with Crippen LogP contribution in [0, 0.1) is 18.8 Å². The van der Waals surface area contributed by atoms with E-state index in [4.69, 9.17) is 0 Å². The van der Waals surface area contributed by atoms with Crippen LogP contribution in [0.5, 0.6) is 0 Å². The molecule has 1 spiro atoms. The lowest BCUT2D eigenvalue weighted by atomic mass is 9.75. The van der Waals surface area contributed by atoms with Gasteiger partial charge in [0.25, 0.3) is 0 Å². The van der Waals surface area contributed by atoms with E-state index < -0.39 is 17.4 Å². The summed E-state index contributed by atoms with van der Waals surface area (Å²) in [6, 6.07) is 12.2. The number of carbonyl (C=O) groups is 4. The third-order valence-electron chi connectivity index (χ3n) is 7.68. The van der Waals surface area contributed by atoms with Crippen molar-refractivity contribution in [3.8, 4) is 0 Å². The van der Waals surface area contributed by atoms with Crippen LogP contribution in [0.3, 0.4) is 0 Å². The van der Waals surface area contributed by atoms with Crippen molar-refractivity contribution in [3.63, 3.8) is 0 Å². The lowest BCUT2D eigenvalue weighted by Gasteiger charge is -2.36. The Labute approximate surface area is 185 Å². The maximum atomic E-state index is 13.9. The number of fused-ring (bicyclic) bond motifs is 7. The molecule has 3 saturated heterocycles. The van der Waals surface area contributed by atoms with Crippen LogP contribution in [0.1, 0.15) is 41.3 Å². The van der Waals surface area contributed by atoms with Gasteiger partial charge in [-0.15, -0.1) is 0 Å². The zero-order chi connectivity index (χ0) is 22.4. The van der Waals surface area contributed by atoms with Gasteiger partial charge in [-0.1, -0.05) is 17.7 Å². The normalized spacial score (nSPS) is 30.6. The fourth-order valence-electron chi connectivity index (χ4n) is 6.42. The molecule has 2 aromatic rings. The minimum absolute atomic E-state index is 0.0809. The molecular formula is C25H23N3O4. The largest absolute Gasteiger partial charge is 0.324 e. The highest BCUT2D eigenvalue weighted by atomic mass is 16.2. The van der Waals surface area contributed by atoms with Crippen molar-refractivity contribution in [1.29, 1.82) is 0 Å². The number of benzene rings is 2. The van der Waals surface area contributed by atoms with Gasteiger partial charge in [-0.25, -0.2) is 4.90 Å². The SMILES string of the molecule is CC(=O)c1ccc(N2C(=O)[C@H]3[C@@H](C2=O)[C@@]2(C(=O)Nc4ccc(C)cc42)N2CCC[C@@H]32)cc1. The van der Waals surface area contributed by atoms with Gasteiger partial charge in [0.2, 0.25) is 17.7 Å². The summed E-state index contributed by atoms with van der Waals surface area (Å²) in [6.45, 7) is 4.13. The molecule has 0 aliphatic carbocycles. The average Bonchev–Trinajstić information content (AvgIpc) is 3.47. The molecule has 3 fully saturated rings. The molecule has 7 nitrogen and oxygen atoms in total. The molecule has 0 saturated carbocycles. The van der Waals surface area contributed by atoms with Gasteiger partial charge in [-0.05, 0) is 63.6 Å². The van der Waals surface area contributed by atoms with E-state index in [0.717, 1.165) is 29.7 Å². The number of aryl methyl sites for hydroxylation is 1. The number of nitrogens with zero attached hydrogens (tertiary/aromatic N) is 2. The third-order valence-corrected chi connectivity index (χ3v) is 7.68. The molecule has 1 N–H and O–H groups in total. The topological polar surface area (TPSA) is 86.8 Å². The van der Waals surface area contributed by atoms with Crippen molar-refractivity contribution in [2.45, 2.75) is 38.3 Å². The Hall–Kier alpha value is -3.32. The Morgan fingerprint density at radius 3 is 2.53 bits per heavy atom. The summed E-state index contributed by atoms with van der Waals surface area (Å²) in [5.74, 6) is -2.21. The fourth-order valence-corrected chi connectivity index (χ4v) is 6.42. The molecule has 2 aromatic carbocycles. The van der Waals surface area contributed by atoms with Crippen molar-refractivity contribution < 1.29 is 19.2 Å². The first kappa shape index (κ1) is 19.4. The van der Waals surface area contributed by atoms with E-state index in [9.17, 15) is 19.2 Å². The summed E-state index contributed by atoms with van der Waals surface area (Å²) < 4.78 is 0. The van der Waals surface area contributed by atoms with E-state index in [1.54, 1.807) is 24.3 Å². The van der Waals surface area contributed by atoms with Crippen LogP contribution >= 0.6 is 0 Å². The molecule has 7 heteroatoms. The van der Waals surface area contributed by atoms with Crippen LogP contribution in [-0.4, -0.2) is 41.0 Å². The second-order valence-corrected chi connectivity index (χ2v) is 9.29. The minimum atomic E-state index is -1.16. The number of imide groups is 1. The van der Waals surface area contributed by atoms with Crippen LogP contribution in [0.25, 0.3) is 0 Å². The summed E-state index contributed by atoms with van der Waals surface area (Å²) in [7, 11) is 0. The van der Waals surface area contributed by atoms with E-state index in [-0.39, 0.29) is 29.5 Å². The van der Waals surface area contributed by atoms with Crippen molar-refractivity contribution in [2.75, 3.05) is 16.8 Å². The standard InChI is InChI=1S/C25H23N3O4/c1-13-5-10-18-17(12-13)25(24(32)26-18)21-20(19-4-3-11-27(19)25)22(30)28(23(21)31)16-8-6-15(7-9-16)14(2)29/h5-10,12,19-21H,3-4,11H2,1-2H3,(H,26,32)/t19-,20+,21-,25-/m0/s1. The lowest BCUT2D eigenvalue weighted by Crippen LogP contribution is -2.54. The van der Waals surface area contributed by atoms with Crippen LogP contribution in [0.15, 0.2) is 42.5 Å². The minimum Gasteiger partial charge on any atom is -0.324 e. The lowest BCUT2D eigenvalue weighted by molar-refractivity contribution is -0.135. The van der Waals surface area contributed by atoms with Gasteiger partial charge in [-0.2, -0.15) is 0 Å². The highest BCUT2D eigenvalue weighted by Gasteiger charge is 2.74. The number of carbonyl (C=O) groups excluding carboxylic acids is 4. The monoisotopic (exact) mass is 429 g/mol. The Morgan fingerprint density at radius 2 is 1.81 bits per heavy atom. The summed E-state index contributed by atoms with van der Waals surface area (Å²) in [4.78, 5) is 56.1. The van der Waals surface area contributed by atoms with Gasteiger partial charge in [0.1, 0.15) is 5.54 Å². The van der Waals surface area contributed by atoms with Crippen LogP contribution in [0.4, 0.5) is 11.4 Å². The molecule has 0 unspecified atom stereocenters. The Morgan fingerprint density at radius 1 is 1.06 bits per heavy atom. The first-order valence-corrected chi connectivity index (χ1v) is 11.0. The number of anilines is 2. The molecular weight excluding hydrogens is 406 g/mol. The highest BCUT2D eigenvalue weighted by molar-refractivity contribution is 6.26. The highest BCUT2D eigenvalue weighted by Crippen LogP contribution is 2.60. The maximum absolute atomic E-state index is 13.9. The maximum Gasteiger partial charge on any atom is 0.250 e. The number of rotatable bonds is 2. The van der Waals surface area contributed by atoms with Gasteiger partial charge >= 0.3 is 0 Å². The zero-order valence-electron chi connectivity index (χ0n) is 17.9. The van der Waals surface area contributed by atoms with Crippen molar-refractivity contribution in [1.82, 2.24) is 4.90 Å². The molecule has 0 radical (unpaired) electrons. The summed E-state index contributed by atoms with van der Waals surface area (Å²) in [6.07, 6.45) is 1.67. The molecule has 4 aliphatic rings. The average molecular weight is 429 g/mol. The van der Waals surface area contributed by atoms with Crippen LogP contribution in [0.2, 0.25) is 0 Å². The zero-order valence-corrected chi connectivity index (χ0v) is 17.9. The van der Waals surface area contributed by atoms with E-state index >= 15 is 0 Å². The first-order chi connectivity index (χ1) is 15.4. The molecule has 3 amide bonds. The van der Waals surface area contributed by atoms with Crippen LogP contribution < -0.4 is 10.2 Å². The van der Waals surface area contributed by atoms with Gasteiger partial charge < -0.3 is 5.32 Å². The summed E-state index contributed by atoms with van der Waals surface area (Å²) >= 11 is 0. The number of nitrogens with one attached hydrogen (secondary N) is 1. The summed E-state index contributed by atoms with van der Waals surface area (Å²) in [5.41, 5.74) is 2.34. The smallest absolute Gasteiger partial charge is 0.250 e. The molecule has 162 valence electrons. The number of Topliss-reactive ketones (excluding diaryl/α,β-unsaturated/α-hetero) is 1.